The van der Waals surface area contributed by atoms with E-state index >= 15 is 0 Å². The molecule has 0 aliphatic carbocycles. The van der Waals surface area contributed by atoms with Crippen molar-refractivity contribution in [3.05, 3.63) is 0 Å². The highest BCUT2D eigenvalue weighted by atomic mass is 28.4. The average Bonchev–Trinajstić information content (AvgIpc) is 2.52. The third-order valence-electron chi connectivity index (χ3n) is 7.93. The molecule has 0 saturated heterocycles. The van der Waals surface area contributed by atoms with Crippen LogP contribution in [0.2, 0.25) is 36.5 Å². The van der Waals surface area contributed by atoms with Crippen LogP contribution in [0, 0.1) is 11.3 Å². The van der Waals surface area contributed by atoms with Crippen LogP contribution >= 0.6 is 0 Å². The number of hydrogen-bond donors (Lipinski definition) is 0. The normalized spacial score (nSPS) is 15.2. The zero-order chi connectivity index (χ0) is 28.5. The zero-order valence-corrected chi connectivity index (χ0v) is 29.2. The molecule has 0 rings (SSSR count). The van der Waals surface area contributed by atoms with E-state index in [0.717, 1.165) is 19.2 Å². The van der Waals surface area contributed by atoms with Crippen LogP contribution in [0.15, 0.2) is 0 Å². The summed E-state index contributed by atoms with van der Waals surface area (Å²) >= 11 is 0. The van der Waals surface area contributed by atoms with E-state index < -0.39 is 16.6 Å². The van der Waals surface area contributed by atoms with Crippen molar-refractivity contribution in [1.82, 2.24) is 0 Å². The van der Waals surface area contributed by atoms with Gasteiger partial charge in [0.15, 0.2) is 16.6 Å². The number of unbranched alkanes of at least 4 members (excludes halogenated alkanes) is 2. The summed E-state index contributed by atoms with van der Waals surface area (Å²) in [6.07, 6.45) is 3.27. The summed E-state index contributed by atoms with van der Waals surface area (Å²) in [5.74, 6) is 0. The first-order chi connectivity index (χ1) is 15.1. The first kappa shape index (κ1) is 34.9. The Balaban J connectivity index is 7.13. The molecule has 0 spiro atoms. The SMILES string of the molecule is CC(C)(C)[Si](OB(CCCCC#N)O[Si](C(C)(C)C)(C(C)(C)C)C(C)(C)C)(C(C)(C)C)C(C)(C)C. The van der Waals surface area contributed by atoms with Gasteiger partial charge in [-0.3, -0.25) is 0 Å². The zero-order valence-electron chi connectivity index (χ0n) is 27.2. The molecule has 0 saturated carbocycles. The van der Waals surface area contributed by atoms with Crippen molar-refractivity contribution in [2.45, 2.75) is 180 Å². The van der Waals surface area contributed by atoms with Gasteiger partial charge >= 0.3 is 7.12 Å². The van der Waals surface area contributed by atoms with Crippen LogP contribution < -0.4 is 0 Å². The molecule has 0 fully saturated rings. The summed E-state index contributed by atoms with van der Waals surface area (Å²) in [5.41, 5.74) is 0. The lowest BCUT2D eigenvalue weighted by atomic mass is 9.83. The topological polar surface area (TPSA) is 42.2 Å². The van der Waals surface area contributed by atoms with Crippen molar-refractivity contribution in [1.29, 1.82) is 5.26 Å². The van der Waals surface area contributed by atoms with Crippen LogP contribution in [0.4, 0.5) is 0 Å². The molecule has 0 amide bonds. The van der Waals surface area contributed by atoms with E-state index in [1.54, 1.807) is 0 Å². The molecule has 0 aliphatic heterocycles. The molecular weight excluding hydrogens is 461 g/mol. The molecule has 35 heavy (non-hydrogen) atoms. The van der Waals surface area contributed by atoms with Crippen LogP contribution in [0.5, 0.6) is 0 Å². The van der Waals surface area contributed by atoms with Gasteiger partial charge in [-0.25, -0.2) is 0 Å². The van der Waals surface area contributed by atoms with E-state index in [1.807, 2.05) is 0 Å². The lowest BCUT2D eigenvalue weighted by Gasteiger charge is -2.62. The number of rotatable bonds is 8. The molecule has 0 heterocycles. The smallest absolute Gasteiger partial charge is 0.435 e. The van der Waals surface area contributed by atoms with Crippen molar-refractivity contribution in [2.75, 3.05) is 0 Å². The molecule has 0 N–H and O–H groups in total. The van der Waals surface area contributed by atoms with Gasteiger partial charge in [0, 0.05) is 6.42 Å². The summed E-state index contributed by atoms with van der Waals surface area (Å²) in [6.45, 7) is 42.8. The lowest BCUT2D eigenvalue weighted by Crippen LogP contribution is -2.67. The minimum absolute atomic E-state index is 0.0210. The van der Waals surface area contributed by atoms with Gasteiger partial charge in [-0.1, -0.05) is 131 Å². The van der Waals surface area contributed by atoms with Crippen molar-refractivity contribution in [3.63, 3.8) is 0 Å². The highest BCUT2D eigenvalue weighted by Crippen LogP contribution is 2.65. The summed E-state index contributed by atoms with van der Waals surface area (Å²) in [6, 6.07) is 2.32. The Morgan fingerprint density at radius 1 is 0.514 bits per heavy atom. The van der Waals surface area contributed by atoms with E-state index in [0.29, 0.717) is 6.42 Å². The molecule has 0 bridgehead atoms. The van der Waals surface area contributed by atoms with E-state index in [1.165, 1.54) is 0 Å². The average molecular weight is 524 g/mol. The lowest BCUT2D eigenvalue weighted by molar-refractivity contribution is 0.292. The van der Waals surface area contributed by atoms with Gasteiger partial charge in [0.2, 0.25) is 0 Å². The van der Waals surface area contributed by atoms with E-state index in [9.17, 15) is 0 Å². The maximum Gasteiger partial charge on any atom is 0.435 e. The van der Waals surface area contributed by atoms with E-state index in [-0.39, 0.29) is 37.3 Å². The van der Waals surface area contributed by atoms with Crippen molar-refractivity contribution in [2.24, 2.45) is 0 Å². The van der Waals surface area contributed by atoms with E-state index in [2.05, 4.69) is 131 Å². The second-order valence-electron chi connectivity index (χ2n) is 16.9. The summed E-state index contributed by atoms with van der Waals surface area (Å²) in [7, 11) is -5.22. The molecule has 0 aromatic heterocycles. The highest BCUT2D eigenvalue weighted by Gasteiger charge is 2.66. The molecule has 0 aliphatic rings. The van der Waals surface area contributed by atoms with Gasteiger partial charge in [-0.2, -0.15) is 5.26 Å². The summed E-state index contributed by atoms with van der Waals surface area (Å²) < 4.78 is 15.2. The van der Waals surface area contributed by atoms with Gasteiger partial charge in [0.25, 0.3) is 0 Å². The predicted molar refractivity (Wildman–Crippen MR) is 162 cm³/mol. The standard InChI is InChI=1S/C29H62BNO2Si2/c1-24(2,3)34(25(4,5)6,26(7,8)9)32-30(22-20-19-21-23-31)33-35(27(10,11)12,28(13,14)15)29(16,17)18/h19-22H2,1-18H3. The van der Waals surface area contributed by atoms with Crippen LogP contribution in [0.25, 0.3) is 0 Å². The van der Waals surface area contributed by atoms with Crippen molar-refractivity contribution in [3.8, 4) is 6.07 Å². The fourth-order valence-corrected chi connectivity index (χ4v) is 25.7. The Bertz CT molecular complexity index is 593. The Hall–Kier alpha value is -0.0913. The second-order valence-corrected chi connectivity index (χ2v) is 29.1. The monoisotopic (exact) mass is 523 g/mol. The predicted octanol–water partition coefficient (Wildman–Crippen LogP) is 10.9. The molecule has 0 unspecified atom stereocenters. The molecule has 0 aromatic carbocycles. The number of nitrogens with zero attached hydrogens (tertiary/aromatic N) is 1. The van der Waals surface area contributed by atoms with E-state index in [4.69, 9.17) is 13.9 Å². The number of nitriles is 1. The maximum absolute atomic E-state index is 9.15. The fraction of sp³-hybridized carbons (Fsp3) is 0.966. The first-order valence-corrected chi connectivity index (χ1v) is 17.7. The van der Waals surface area contributed by atoms with Gasteiger partial charge in [-0.05, 0) is 43.0 Å². The maximum atomic E-state index is 9.15. The quantitative estimate of drug-likeness (QED) is 0.235. The molecule has 0 radical (unpaired) electrons. The highest BCUT2D eigenvalue weighted by molar-refractivity contribution is 6.90. The minimum Gasteiger partial charge on any atom is -0.452 e. The van der Waals surface area contributed by atoms with Crippen LogP contribution in [0.1, 0.15) is 144 Å². The third kappa shape index (κ3) is 7.06. The Kier molecular flexibility index (Phi) is 10.9. The van der Waals surface area contributed by atoms with Gasteiger partial charge < -0.3 is 8.69 Å². The summed E-state index contributed by atoms with van der Waals surface area (Å²) in [4.78, 5) is 0. The Labute approximate surface area is 223 Å². The molecular formula is C29H62BNO2Si2. The first-order valence-electron chi connectivity index (χ1n) is 13.9. The number of hydrogen-bond acceptors (Lipinski definition) is 3. The molecule has 206 valence electrons. The largest absolute Gasteiger partial charge is 0.452 e. The van der Waals surface area contributed by atoms with Gasteiger partial charge in [0.05, 0.1) is 6.07 Å². The van der Waals surface area contributed by atoms with Crippen LogP contribution in [0.3, 0.4) is 0 Å². The van der Waals surface area contributed by atoms with Gasteiger partial charge in [0.1, 0.15) is 0 Å². The molecule has 0 aromatic rings. The van der Waals surface area contributed by atoms with Crippen LogP contribution in [-0.4, -0.2) is 23.8 Å². The third-order valence-corrected chi connectivity index (χ3v) is 21.8. The molecule has 6 heteroatoms. The van der Waals surface area contributed by atoms with Crippen LogP contribution in [-0.2, 0) is 8.69 Å². The fourth-order valence-electron chi connectivity index (χ4n) is 8.86. The summed E-state index contributed by atoms with van der Waals surface area (Å²) in [5, 5.41) is 9.27. The minimum atomic E-state index is -2.48. The van der Waals surface area contributed by atoms with Crippen molar-refractivity contribution < 1.29 is 8.69 Å². The molecule has 3 nitrogen and oxygen atoms in total. The second kappa shape index (κ2) is 11.0. The Morgan fingerprint density at radius 3 is 0.971 bits per heavy atom. The molecule has 0 atom stereocenters. The van der Waals surface area contributed by atoms with Crippen molar-refractivity contribution >= 4 is 23.8 Å². The Morgan fingerprint density at radius 2 is 0.771 bits per heavy atom. The van der Waals surface area contributed by atoms with Gasteiger partial charge in [-0.15, -0.1) is 0 Å².